The minimum Gasteiger partial charge on any atom is -0.467 e. The molecule has 0 N–H and O–H groups in total. The third-order valence-corrected chi connectivity index (χ3v) is 6.28. The van der Waals surface area contributed by atoms with Gasteiger partial charge in [0.15, 0.2) is 12.6 Å². The Balaban J connectivity index is 1.29. The van der Waals surface area contributed by atoms with E-state index in [1.165, 1.54) is 6.07 Å². The highest BCUT2D eigenvalue weighted by atomic mass is 35.5. The van der Waals surface area contributed by atoms with E-state index in [1.54, 1.807) is 55.5 Å². The lowest BCUT2D eigenvalue weighted by molar-refractivity contribution is -0.0165. The highest BCUT2D eigenvalue weighted by Crippen LogP contribution is 2.40. The summed E-state index contributed by atoms with van der Waals surface area (Å²) >= 11 is 12.2. The van der Waals surface area contributed by atoms with Crippen LogP contribution in [0.15, 0.2) is 58.7 Å². The van der Waals surface area contributed by atoms with Gasteiger partial charge in [0, 0.05) is 32.6 Å². The van der Waals surface area contributed by atoms with Crippen molar-refractivity contribution in [2.75, 3.05) is 6.79 Å². The second kappa shape index (κ2) is 8.71. The van der Waals surface area contributed by atoms with E-state index < -0.39 is 5.97 Å². The topological polar surface area (TPSA) is 84.2 Å². The summed E-state index contributed by atoms with van der Waals surface area (Å²) < 4.78 is 27.9. The number of benzene rings is 3. The van der Waals surface area contributed by atoms with Crippen molar-refractivity contribution in [3.63, 3.8) is 0 Å². The zero-order valence-corrected chi connectivity index (χ0v) is 20.2. The van der Waals surface area contributed by atoms with Gasteiger partial charge >= 0.3 is 5.97 Å². The Morgan fingerprint density at radius 3 is 2.78 bits per heavy atom. The number of hydrogen-bond donors (Lipinski definition) is 0. The largest absolute Gasteiger partial charge is 0.467 e. The fraction of sp³-hybridized carbons (Fsp3) is 0.111. The van der Waals surface area contributed by atoms with Crippen LogP contribution in [0.1, 0.15) is 37.6 Å². The number of hydrogen-bond acceptors (Lipinski definition) is 7. The number of fused-ring (bicyclic) bond motifs is 3. The van der Waals surface area contributed by atoms with Crippen LogP contribution in [-0.2, 0) is 11.3 Å². The first-order valence-electron chi connectivity index (χ1n) is 10.9. The zero-order chi connectivity index (χ0) is 25.0. The Bertz CT molecular complexity index is 1620. The predicted molar refractivity (Wildman–Crippen MR) is 132 cm³/mol. The second-order valence-corrected chi connectivity index (χ2v) is 9.20. The van der Waals surface area contributed by atoms with Crippen molar-refractivity contribution in [3.8, 4) is 17.2 Å². The van der Waals surface area contributed by atoms with Crippen molar-refractivity contribution >= 4 is 52.0 Å². The van der Waals surface area contributed by atoms with Gasteiger partial charge in [-0.2, -0.15) is 0 Å². The Labute approximate surface area is 214 Å². The van der Waals surface area contributed by atoms with Crippen molar-refractivity contribution in [2.45, 2.75) is 13.5 Å². The van der Waals surface area contributed by atoms with E-state index >= 15 is 0 Å². The minimum atomic E-state index is -0.688. The molecule has 0 saturated heterocycles. The maximum Gasteiger partial charge on any atom is 0.379 e. The van der Waals surface area contributed by atoms with Crippen LogP contribution in [0.25, 0.3) is 17.0 Å². The molecule has 0 spiro atoms. The molecular weight excluding hydrogens is 507 g/mol. The highest BCUT2D eigenvalue weighted by molar-refractivity contribution is 6.31. The van der Waals surface area contributed by atoms with Crippen molar-refractivity contribution in [1.82, 2.24) is 0 Å². The van der Waals surface area contributed by atoms with Gasteiger partial charge in [-0.15, -0.1) is 0 Å². The van der Waals surface area contributed by atoms with Gasteiger partial charge in [-0.25, -0.2) is 4.79 Å². The lowest BCUT2D eigenvalue weighted by atomic mass is 10.0. The van der Waals surface area contributed by atoms with Crippen molar-refractivity contribution < 1.29 is 33.0 Å². The van der Waals surface area contributed by atoms with Crippen molar-refractivity contribution in [3.05, 3.63) is 92.3 Å². The summed E-state index contributed by atoms with van der Waals surface area (Å²) in [5.74, 6) is 0.226. The quantitative estimate of drug-likeness (QED) is 0.167. The van der Waals surface area contributed by atoms with Gasteiger partial charge in [-0.3, -0.25) is 4.79 Å². The Hall–Kier alpha value is -3.78. The van der Waals surface area contributed by atoms with Gasteiger partial charge in [0.05, 0.1) is 12.2 Å². The molecule has 1 aromatic heterocycles. The second-order valence-electron chi connectivity index (χ2n) is 8.33. The molecule has 0 bridgehead atoms. The van der Waals surface area contributed by atoms with E-state index in [9.17, 15) is 9.59 Å². The monoisotopic (exact) mass is 522 g/mol. The summed E-state index contributed by atoms with van der Waals surface area (Å²) in [6, 6.07) is 13.1. The van der Waals surface area contributed by atoms with Gasteiger partial charge in [0.1, 0.15) is 22.8 Å². The van der Waals surface area contributed by atoms with Crippen LogP contribution in [0.4, 0.5) is 0 Å². The number of halogens is 2. The number of allylic oxidation sites excluding steroid dienone is 1. The van der Waals surface area contributed by atoms with Gasteiger partial charge in [0.2, 0.25) is 11.5 Å². The van der Waals surface area contributed by atoms with E-state index in [2.05, 4.69) is 0 Å². The molecule has 4 aromatic rings. The maximum atomic E-state index is 13.1. The standard InChI is InChI=1S/C27H16Cl2O7/c1-13-4-19(34-27(31)23-8-14-5-17(28)2-3-20(14)35-23)10-21-24(13)25(30)22(36-21)9-15-6-18(29)7-16-11-32-12-33-26(15)16/h2-10H,11-12H2,1H3/b22-9-. The first kappa shape index (κ1) is 22.7. The summed E-state index contributed by atoms with van der Waals surface area (Å²) in [5.41, 5.74) is 2.88. The summed E-state index contributed by atoms with van der Waals surface area (Å²) in [7, 11) is 0. The fourth-order valence-electron chi connectivity index (χ4n) is 4.27. The van der Waals surface area contributed by atoms with Gasteiger partial charge in [-0.1, -0.05) is 23.2 Å². The summed E-state index contributed by atoms with van der Waals surface area (Å²) in [5, 5.41) is 1.69. The van der Waals surface area contributed by atoms with Crippen LogP contribution in [0.5, 0.6) is 17.2 Å². The van der Waals surface area contributed by atoms with E-state index in [0.717, 1.165) is 5.56 Å². The number of ether oxygens (including phenoxy) is 4. The highest BCUT2D eigenvalue weighted by Gasteiger charge is 2.31. The number of rotatable bonds is 3. The normalized spacial score (nSPS) is 15.4. The third kappa shape index (κ3) is 4.01. The Morgan fingerprint density at radius 1 is 1.06 bits per heavy atom. The molecule has 0 amide bonds. The van der Waals surface area contributed by atoms with Crippen LogP contribution in [0.2, 0.25) is 10.0 Å². The van der Waals surface area contributed by atoms with Crippen molar-refractivity contribution in [2.24, 2.45) is 0 Å². The summed E-state index contributed by atoms with van der Waals surface area (Å²) in [6.45, 7) is 2.20. The zero-order valence-electron chi connectivity index (χ0n) is 18.7. The van der Waals surface area contributed by atoms with E-state index in [0.29, 0.717) is 50.1 Å². The third-order valence-electron chi connectivity index (χ3n) is 5.82. The summed E-state index contributed by atoms with van der Waals surface area (Å²) in [6.07, 6.45) is 1.59. The molecule has 0 radical (unpaired) electrons. The lowest BCUT2D eigenvalue weighted by Gasteiger charge is -2.20. The van der Waals surface area contributed by atoms with Gasteiger partial charge < -0.3 is 23.4 Å². The number of esters is 1. The minimum absolute atomic E-state index is 0.0257. The molecule has 7 nitrogen and oxygen atoms in total. The number of Topliss-reactive ketones (excluding diaryl/α,β-unsaturated/α-hetero) is 1. The van der Waals surface area contributed by atoms with Crippen LogP contribution in [0, 0.1) is 6.92 Å². The smallest absolute Gasteiger partial charge is 0.379 e. The molecular formula is C27H16Cl2O7. The maximum absolute atomic E-state index is 13.1. The molecule has 2 aliphatic heterocycles. The van der Waals surface area contributed by atoms with Gasteiger partial charge in [-0.05, 0) is 61.0 Å². The molecule has 2 aliphatic rings. The fourth-order valence-corrected chi connectivity index (χ4v) is 4.70. The number of ketones is 1. The molecule has 0 unspecified atom stereocenters. The number of aryl methyl sites for hydroxylation is 1. The molecule has 180 valence electrons. The first-order valence-corrected chi connectivity index (χ1v) is 11.6. The van der Waals surface area contributed by atoms with Crippen LogP contribution in [-0.4, -0.2) is 18.5 Å². The van der Waals surface area contributed by atoms with Crippen LogP contribution in [0.3, 0.4) is 0 Å². The number of carbonyl (C=O) groups is 2. The molecule has 3 aromatic carbocycles. The molecule has 9 heteroatoms. The van der Waals surface area contributed by atoms with E-state index in [4.69, 9.17) is 46.6 Å². The van der Waals surface area contributed by atoms with Crippen LogP contribution < -0.4 is 14.2 Å². The molecule has 3 heterocycles. The molecule has 0 atom stereocenters. The Kier molecular flexibility index (Phi) is 5.48. The average Bonchev–Trinajstić information content (AvgIpc) is 3.39. The SMILES string of the molecule is Cc1cc(OC(=O)c2cc3cc(Cl)ccc3o2)cc2c1C(=O)/C(=C/c1cc(Cl)cc3c1OCOC3)O2. The lowest BCUT2D eigenvalue weighted by Crippen LogP contribution is -2.12. The van der Waals surface area contributed by atoms with E-state index in [-0.39, 0.29) is 35.6 Å². The first-order chi connectivity index (χ1) is 17.4. The molecule has 0 fully saturated rings. The Morgan fingerprint density at radius 2 is 1.92 bits per heavy atom. The van der Waals surface area contributed by atoms with E-state index in [1.807, 2.05) is 0 Å². The average molecular weight is 523 g/mol. The van der Waals surface area contributed by atoms with Gasteiger partial charge in [0.25, 0.3) is 0 Å². The molecule has 6 rings (SSSR count). The van der Waals surface area contributed by atoms with Crippen molar-refractivity contribution in [1.29, 1.82) is 0 Å². The molecule has 0 aliphatic carbocycles. The van der Waals surface area contributed by atoms with Crippen LogP contribution >= 0.6 is 23.2 Å². The summed E-state index contributed by atoms with van der Waals surface area (Å²) in [4.78, 5) is 25.8. The predicted octanol–water partition coefficient (Wildman–Crippen LogP) is 6.75. The molecule has 36 heavy (non-hydrogen) atoms. The number of furan rings is 1. The molecule has 0 saturated carbocycles. The number of carbonyl (C=O) groups excluding carboxylic acids is 2.